The molecule has 1 saturated heterocycles. The van der Waals surface area contributed by atoms with Gasteiger partial charge in [0.1, 0.15) is 23.4 Å². The van der Waals surface area contributed by atoms with Crippen molar-refractivity contribution in [1.82, 2.24) is 4.57 Å². The quantitative estimate of drug-likeness (QED) is 0.288. The largest absolute Gasteiger partial charge is 0.497 e. The summed E-state index contributed by atoms with van der Waals surface area (Å²) in [6, 6.07) is 17.3. The van der Waals surface area contributed by atoms with Crippen LogP contribution in [0.4, 0.5) is 15.8 Å². The van der Waals surface area contributed by atoms with Crippen molar-refractivity contribution in [3.05, 3.63) is 98.7 Å². The van der Waals surface area contributed by atoms with Crippen molar-refractivity contribution in [1.29, 1.82) is 0 Å². The van der Waals surface area contributed by atoms with Gasteiger partial charge in [-0.15, -0.1) is 0 Å². The zero-order valence-corrected chi connectivity index (χ0v) is 25.2. The predicted octanol–water partition coefficient (Wildman–Crippen LogP) is 3.14. The minimum absolute atomic E-state index is 0.125. The van der Waals surface area contributed by atoms with Gasteiger partial charge in [-0.05, 0) is 66.2 Å². The van der Waals surface area contributed by atoms with Crippen LogP contribution in [0.1, 0.15) is 16.4 Å². The van der Waals surface area contributed by atoms with Crippen molar-refractivity contribution in [2.75, 3.05) is 17.3 Å². The monoisotopic (exact) mass is 654 g/mol. The van der Waals surface area contributed by atoms with Gasteiger partial charge in [0.2, 0.25) is 27.7 Å². The Morgan fingerprint density at radius 1 is 0.977 bits per heavy atom. The van der Waals surface area contributed by atoms with Crippen molar-refractivity contribution in [3.8, 4) is 5.75 Å². The second-order valence-corrected chi connectivity index (χ2v) is 13.7. The fourth-order valence-corrected chi connectivity index (χ4v) is 8.63. The number of rotatable bonds is 7. The molecule has 44 heavy (non-hydrogen) atoms. The lowest BCUT2D eigenvalue weighted by Crippen LogP contribution is -2.33. The second-order valence-electron chi connectivity index (χ2n) is 10.0. The zero-order valence-electron chi connectivity index (χ0n) is 22.8. The lowest BCUT2D eigenvalue weighted by Gasteiger charge is -2.30. The maximum Gasteiger partial charge on any atom is 0.308 e. The van der Waals surface area contributed by atoms with Crippen molar-refractivity contribution < 1.29 is 31.9 Å². The average molecular weight is 655 g/mol. The van der Waals surface area contributed by atoms with Crippen LogP contribution in [0.2, 0.25) is 0 Å². The van der Waals surface area contributed by atoms with Crippen molar-refractivity contribution in [2.45, 2.75) is 27.6 Å². The molecule has 0 unspecified atom stereocenters. The number of sulfonamides is 1. The first-order valence-corrected chi connectivity index (χ1v) is 16.3. The van der Waals surface area contributed by atoms with E-state index in [1.807, 2.05) is 0 Å². The van der Waals surface area contributed by atoms with Crippen LogP contribution in [0, 0.1) is 11.7 Å². The van der Waals surface area contributed by atoms with Crippen LogP contribution in [-0.2, 0) is 31.0 Å². The van der Waals surface area contributed by atoms with Gasteiger partial charge in [0, 0.05) is 16.5 Å². The normalized spacial score (nSPS) is 19.4. The number of hydrogen-bond donors (Lipinski definition) is 2. The molecule has 11 nitrogen and oxygen atoms in total. The summed E-state index contributed by atoms with van der Waals surface area (Å²) in [5.74, 6) is -3.03. The summed E-state index contributed by atoms with van der Waals surface area (Å²) in [6.07, 6.45) is 0. The van der Waals surface area contributed by atoms with E-state index < -0.39 is 62.1 Å². The number of thiazole rings is 1. The Hall–Kier alpha value is -4.31. The Labute approximate surface area is 258 Å². The first-order chi connectivity index (χ1) is 21.0. The van der Waals surface area contributed by atoms with Gasteiger partial charge in [0.15, 0.2) is 0 Å². The number of thioether (sulfide) groups is 1. The summed E-state index contributed by atoms with van der Waals surface area (Å²) in [6.45, 7) is -0.398. The van der Waals surface area contributed by atoms with E-state index in [2.05, 4.69) is 5.32 Å². The maximum atomic E-state index is 13.9. The lowest BCUT2D eigenvalue weighted by molar-refractivity contribution is -0.122. The number of benzene rings is 3. The van der Waals surface area contributed by atoms with Crippen LogP contribution in [0.15, 0.2) is 87.5 Å². The molecule has 2 aliphatic rings. The van der Waals surface area contributed by atoms with Crippen LogP contribution >= 0.6 is 23.1 Å². The van der Waals surface area contributed by atoms with Crippen molar-refractivity contribution in [3.63, 3.8) is 0 Å². The van der Waals surface area contributed by atoms with Gasteiger partial charge >= 0.3 is 4.87 Å². The SMILES string of the molecule is COc1ccc([C@@H]2c3sc(=O)n(CC(=O)Nc4ccc(S(N)(=O)=O)cc4)c3S[C@H]3C(=O)N(c4ccc(F)cc4)C(=O)[C@@H]23)cc1. The maximum absolute atomic E-state index is 13.9. The van der Waals surface area contributed by atoms with Crippen LogP contribution in [0.5, 0.6) is 5.75 Å². The van der Waals surface area contributed by atoms with E-state index in [9.17, 15) is 32.0 Å². The van der Waals surface area contributed by atoms with Crippen molar-refractivity contribution >= 4 is 62.2 Å². The molecular weight excluding hydrogens is 632 g/mol. The minimum Gasteiger partial charge on any atom is -0.497 e. The number of methoxy groups -OCH3 is 1. The fraction of sp³-hybridized carbons (Fsp3) is 0.172. The Balaban J connectivity index is 1.37. The molecule has 0 aliphatic carbocycles. The molecule has 0 bridgehead atoms. The summed E-state index contributed by atoms with van der Waals surface area (Å²) in [5, 5.41) is 7.23. The highest BCUT2D eigenvalue weighted by atomic mass is 32.2. The number of primary sulfonamides is 1. The summed E-state index contributed by atoms with van der Waals surface area (Å²) < 4.78 is 43.2. The number of nitrogens with zero attached hydrogens (tertiary/aromatic N) is 2. The minimum atomic E-state index is -3.91. The summed E-state index contributed by atoms with van der Waals surface area (Å²) in [7, 11) is -2.40. The topological polar surface area (TPSA) is 158 Å². The molecule has 3 heterocycles. The Kier molecular flexibility index (Phi) is 7.65. The second kappa shape index (κ2) is 11.3. The van der Waals surface area contributed by atoms with E-state index in [-0.39, 0.29) is 16.3 Å². The van der Waals surface area contributed by atoms with Crippen LogP contribution in [-0.4, -0.2) is 43.1 Å². The number of carbonyl (C=O) groups excluding carboxylic acids is 3. The average Bonchev–Trinajstić information content (AvgIpc) is 3.43. The number of ether oxygens (including phenoxy) is 1. The molecule has 3 aromatic carbocycles. The number of aromatic nitrogens is 1. The molecule has 3 N–H and O–H groups in total. The van der Waals surface area contributed by atoms with Crippen molar-refractivity contribution in [2.24, 2.45) is 11.1 Å². The van der Waals surface area contributed by atoms with Gasteiger partial charge in [0.05, 0.1) is 28.6 Å². The Bertz CT molecular complexity index is 1960. The number of halogens is 1. The van der Waals surface area contributed by atoms with Gasteiger partial charge in [-0.1, -0.05) is 35.2 Å². The van der Waals surface area contributed by atoms with Crippen LogP contribution < -0.4 is 25.0 Å². The molecule has 0 radical (unpaired) electrons. The number of amides is 3. The number of carbonyl (C=O) groups is 3. The number of nitrogens with one attached hydrogen (secondary N) is 1. The molecular formula is C29H23FN4O7S3. The highest BCUT2D eigenvalue weighted by molar-refractivity contribution is 8.00. The van der Waals surface area contributed by atoms with Gasteiger partial charge in [-0.3, -0.25) is 23.7 Å². The number of anilines is 2. The van der Waals surface area contributed by atoms with E-state index >= 15 is 0 Å². The predicted molar refractivity (Wildman–Crippen MR) is 162 cm³/mol. The first kappa shape index (κ1) is 29.7. The number of fused-ring (bicyclic) bond motifs is 2. The molecule has 226 valence electrons. The molecule has 15 heteroatoms. The number of hydrogen-bond acceptors (Lipinski definition) is 9. The highest BCUT2D eigenvalue weighted by Gasteiger charge is 2.56. The molecule has 2 aliphatic heterocycles. The van der Waals surface area contributed by atoms with Gasteiger partial charge in [-0.25, -0.2) is 22.8 Å². The molecule has 1 aromatic heterocycles. The molecule has 0 saturated carbocycles. The molecule has 1 fully saturated rings. The molecule has 4 aromatic rings. The fourth-order valence-electron chi connectivity index (χ4n) is 5.34. The molecule has 0 spiro atoms. The molecule has 6 rings (SSSR count). The van der Waals surface area contributed by atoms with E-state index in [0.717, 1.165) is 28.0 Å². The van der Waals surface area contributed by atoms with E-state index in [4.69, 9.17) is 9.88 Å². The zero-order chi connectivity index (χ0) is 31.3. The standard InChI is InChI=1S/C29H23FN4O7S3/c1-41-19-10-2-15(3-11-19)22-23-24(27(37)34(26(23)36)18-8-4-16(30)5-9-18)42-28-25(22)43-29(38)33(28)14-21(35)32-17-6-12-20(13-7-17)44(31,39)40/h2-13,22-24H,14H2,1H3,(H,32,35)(H2,31,39,40)/t22-,23-,24+/m0/s1. The third-order valence-corrected chi connectivity index (χ3v) is 10.9. The summed E-state index contributed by atoms with van der Waals surface area (Å²) in [5.41, 5.74) is 1.20. The number of nitrogens with two attached hydrogens (primary N) is 1. The van der Waals surface area contributed by atoms with Crippen LogP contribution in [0.3, 0.4) is 0 Å². The number of imide groups is 1. The Morgan fingerprint density at radius 2 is 1.64 bits per heavy atom. The van der Waals surface area contributed by atoms with E-state index in [1.54, 1.807) is 24.3 Å². The Morgan fingerprint density at radius 3 is 2.25 bits per heavy atom. The van der Waals surface area contributed by atoms with E-state index in [1.165, 1.54) is 60.2 Å². The first-order valence-electron chi connectivity index (χ1n) is 13.1. The van der Waals surface area contributed by atoms with Crippen LogP contribution in [0.25, 0.3) is 0 Å². The molecule has 3 amide bonds. The van der Waals surface area contributed by atoms with Gasteiger partial charge in [0.25, 0.3) is 0 Å². The third-order valence-electron chi connectivity index (χ3n) is 7.38. The lowest BCUT2D eigenvalue weighted by atomic mass is 9.83. The van der Waals surface area contributed by atoms with E-state index in [0.29, 0.717) is 21.2 Å². The van der Waals surface area contributed by atoms with Gasteiger partial charge < -0.3 is 10.1 Å². The smallest absolute Gasteiger partial charge is 0.308 e. The third kappa shape index (κ3) is 5.32. The summed E-state index contributed by atoms with van der Waals surface area (Å²) in [4.78, 5) is 55.0. The molecule has 3 atom stereocenters. The highest BCUT2D eigenvalue weighted by Crippen LogP contribution is 2.54. The van der Waals surface area contributed by atoms with Gasteiger partial charge in [-0.2, -0.15) is 0 Å². The summed E-state index contributed by atoms with van der Waals surface area (Å²) >= 11 is 1.95.